The van der Waals surface area contributed by atoms with Crippen molar-refractivity contribution in [3.05, 3.63) is 24.0 Å². The van der Waals surface area contributed by atoms with Crippen LogP contribution in [-0.2, 0) is 4.74 Å². The molecule has 1 aliphatic heterocycles. The lowest BCUT2D eigenvalue weighted by molar-refractivity contribution is 0.122. The van der Waals surface area contributed by atoms with Gasteiger partial charge in [-0.3, -0.25) is 4.40 Å². The first-order valence-corrected chi connectivity index (χ1v) is 9.20. The van der Waals surface area contributed by atoms with Crippen LogP contribution >= 0.6 is 0 Å². The van der Waals surface area contributed by atoms with Crippen LogP contribution in [0.1, 0.15) is 18.7 Å². The van der Waals surface area contributed by atoms with E-state index in [1.54, 1.807) is 0 Å². The standard InChI is InChI=1S/C18H25N7O/c1-13-22-23-18-17(20-7-3-2-6-19)21-15-12-14(4-5-16(15)25(13)18)24-8-10-26-11-9-24/h4-5,12H,2-3,6-11,19H2,1H3,(H,20,21). The van der Waals surface area contributed by atoms with E-state index in [1.165, 1.54) is 5.69 Å². The molecule has 4 rings (SSSR count). The molecule has 0 amide bonds. The number of hydrogen-bond acceptors (Lipinski definition) is 7. The molecule has 138 valence electrons. The molecule has 0 aliphatic carbocycles. The Morgan fingerprint density at radius 2 is 2.04 bits per heavy atom. The van der Waals surface area contributed by atoms with E-state index < -0.39 is 0 Å². The Morgan fingerprint density at radius 1 is 1.19 bits per heavy atom. The smallest absolute Gasteiger partial charge is 0.204 e. The summed E-state index contributed by atoms with van der Waals surface area (Å²) in [5, 5.41) is 12.0. The molecule has 8 heteroatoms. The molecule has 0 atom stereocenters. The van der Waals surface area contributed by atoms with Crippen LogP contribution in [0.4, 0.5) is 11.5 Å². The fourth-order valence-corrected chi connectivity index (χ4v) is 3.38. The number of unbranched alkanes of at least 4 members (excludes halogenated alkanes) is 1. The number of hydrogen-bond donors (Lipinski definition) is 2. The number of nitrogens with two attached hydrogens (primary N) is 1. The van der Waals surface area contributed by atoms with Crippen molar-refractivity contribution in [1.82, 2.24) is 19.6 Å². The summed E-state index contributed by atoms with van der Waals surface area (Å²) in [7, 11) is 0. The number of ether oxygens (including phenoxy) is 1. The Hall–Kier alpha value is -2.45. The van der Waals surface area contributed by atoms with E-state index >= 15 is 0 Å². The Bertz CT molecular complexity index is 901. The maximum atomic E-state index is 5.58. The van der Waals surface area contributed by atoms with Crippen molar-refractivity contribution < 1.29 is 4.74 Å². The Balaban J connectivity index is 1.74. The number of aromatic nitrogens is 4. The van der Waals surface area contributed by atoms with Gasteiger partial charge in [0.2, 0.25) is 5.65 Å². The number of benzene rings is 1. The van der Waals surface area contributed by atoms with Crippen LogP contribution < -0.4 is 16.0 Å². The van der Waals surface area contributed by atoms with Gasteiger partial charge in [0.05, 0.1) is 24.2 Å². The summed E-state index contributed by atoms with van der Waals surface area (Å²) in [6.07, 6.45) is 1.99. The largest absolute Gasteiger partial charge is 0.378 e. The highest BCUT2D eigenvalue weighted by atomic mass is 16.5. The molecule has 1 aromatic carbocycles. The van der Waals surface area contributed by atoms with Crippen molar-refractivity contribution in [1.29, 1.82) is 0 Å². The van der Waals surface area contributed by atoms with E-state index in [-0.39, 0.29) is 0 Å². The lowest BCUT2D eigenvalue weighted by Gasteiger charge is -2.29. The summed E-state index contributed by atoms with van der Waals surface area (Å²) in [4.78, 5) is 7.18. The molecule has 0 saturated carbocycles. The number of nitrogens with zero attached hydrogens (tertiary/aromatic N) is 5. The van der Waals surface area contributed by atoms with E-state index in [1.807, 2.05) is 6.92 Å². The van der Waals surface area contributed by atoms with Crippen LogP contribution in [0.2, 0.25) is 0 Å². The van der Waals surface area contributed by atoms with Gasteiger partial charge in [0, 0.05) is 25.3 Å². The van der Waals surface area contributed by atoms with Crippen molar-refractivity contribution in [2.75, 3.05) is 49.6 Å². The Labute approximate surface area is 152 Å². The molecular weight excluding hydrogens is 330 g/mol. The van der Waals surface area contributed by atoms with Gasteiger partial charge in [0.15, 0.2) is 5.82 Å². The average molecular weight is 355 g/mol. The van der Waals surface area contributed by atoms with Crippen LogP contribution in [-0.4, -0.2) is 59.0 Å². The van der Waals surface area contributed by atoms with E-state index in [2.05, 4.69) is 43.0 Å². The average Bonchev–Trinajstić information content (AvgIpc) is 3.07. The van der Waals surface area contributed by atoms with Crippen molar-refractivity contribution >= 4 is 28.2 Å². The molecule has 0 spiro atoms. The zero-order chi connectivity index (χ0) is 17.9. The van der Waals surface area contributed by atoms with Crippen LogP contribution in [0.15, 0.2) is 18.2 Å². The van der Waals surface area contributed by atoms with Gasteiger partial charge in [0.25, 0.3) is 0 Å². The zero-order valence-electron chi connectivity index (χ0n) is 15.1. The quantitative estimate of drug-likeness (QED) is 0.648. The van der Waals surface area contributed by atoms with E-state index in [4.69, 9.17) is 15.5 Å². The summed E-state index contributed by atoms with van der Waals surface area (Å²) in [5.41, 5.74) is 9.48. The Kier molecular flexibility index (Phi) is 4.85. The maximum Gasteiger partial charge on any atom is 0.204 e. The van der Waals surface area contributed by atoms with Gasteiger partial charge in [-0.25, -0.2) is 4.98 Å². The molecule has 26 heavy (non-hydrogen) atoms. The summed E-state index contributed by atoms with van der Waals surface area (Å²) in [6.45, 7) is 6.84. The highest BCUT2D eigenvalue weighted by Crippen LogP contribution is 2.26. The second kappa shape index (κ2) is 7.43. The number of aryl methyl sites for hydroxylation is 1. The molecule has 3 aromatic rings. The van der Waals surface area contributed by atoms with Gasteiger partial charge in [-0.1, -0.05) is 0 Å². The minimum absolute atomic E-state index is 0.704. The number of morpholine rings is 1. The van der Waals surface area contributed by atoms with Gasteiger partial charge in [-0.05, 0) is 44.5 Å². The van der Waals surface area contributed by atoms with Crippen LogP contribution in [0.3, 0.4) is 0 Å². The number of anilines is 2. The SMILES string of the molecule is Cc1nnc2c(NCCCCN)nc3cc(N4CCOCC4)ccc3n12. The third-order valence-corrected chi connectivity index (χ3v) is 4.77. The van der Waals surface area contributed by atoms with Crippen molar-refractivity contribution in [2.45, 2.75) is 19.8 Å². The molecule has 3 N–H and O–H groups in total. The fourth-order valence-electron chi connectivity index (χ4n) is 3.38. The predicted molar refractivity (Wildman–Crippen MR) is 103 cm³/mol. The maximum absolute atomic E-state index is 5.58. The third-order valence-electron chi connectivity index (χ3n) is 4.77. The molecule has 2 aromatic heterocycles. The molecule has 0 bridgehead atoms. The molecule has 0 unspecified atom stereocenters. The van der Waals surface area contributed by atoms with Gasteiger partial charge >= 0.3 is 0 Å². The molecule has 0 radical (unpaired) electrons. The molecule has 1 saturated heterocycles. The normalized spacial score (nSPS) is 15.1. The van der Waals surface area contributed by atoms with E-state index in [9.17, 15) is 0 Å². The van der Waals surface area contributed by atoms with Crippen LogP contribution in [0.5, 0.6) is 0 Å². The fraction of sp³-hybridized carbons (Fsp3) is 0.500. The number of nitrogens with one attached hydrogen (secondary N) is 1. The first kappa shape index (κ1) is 17.0. The summed E-state index contributed by atoms with van der Waals surface area (Å²) in [6, 6.07) is 6.39. The monoisotopic (exact) mass is 355 g/mol. The first-order valence-electron chi connectivity index (χ1n) is 9.20. The minimum atomic E-state index is 0.704. The van der Waals surface area contributed by atoms with Gasteiger partial charge in [0.1, 0.15) is 5.82 Å². The number of rotatable bonds is 6. The summed E-state index contributed by atoms with van der Waals surface area (Å²) in [5.74, 6) is 1.63. The molecule has 3 heterocycles. The number of fused-ring (bicyclic) bond motifs is 3. The summed E-state index contributed by atoms with van der Waals surface area (Å²) < 4.78 is 7.52. The van der Waals surface area contributed by atoms with Crippen LogP contribution in [0, 0.1) is 6.92 Å². The zero-order valence-corrected chi connectivity index (χ0v) is 15.1. The van der Waals surface area contributed by atoms with Crippen molar-refractivity contribution in [3.8, 4) is 0 Å². The molecule has 1 aliphatic rings. The molecule has 1 fully saturated rings. The second-order valence-electron chi connectivity index (χ2n) is 6.56. The summed E-state index contributed by atoms with van der Waals surface area (Å²) >= 11 is 0. The van der Waals surface area contributed by atoms with E-state index in [0.717, 1.165) is 74.0 Å². The minimum Gasteiger partial charge on any atom is -0.378 e. The van der Waals surface area contributed by atoms with E-state index in [0.29, 0.717) is 6.54 Å². The van der Waals surface area contributed by atoms with Crippen molar-refractivity contribution in [2.24, 2.45) is 5.73 Å². The Morgan fingerprint density at radius 3 is 2.85 bits per heavy atom. The van der Waals surface area contributed by atoms with Crippen LogP contribution in [0.25, 0.3) is 16.7 Å². The van der Waals surface area contributed by atoms with Crippen molar-refractivity contribution in [3.63, 3.8) is 0 Å². The predicted octanol–water partition coefficient (Wildman–Crippen LogP) is 1.57. The van der Waals surface area contributed by atoms with Gasteiger partial charge in [-0.2, -0.15) is 0 Å². The topological polar surface area (TPSA) is 93.6 Å². The third kappa shape index (κ3) is 3.17. The molecule has 8 nitrogen and oxygen atoms in total. The highest BCUT2D eigenvalue weighted by molar-refractivity contribution is 5.85. The lowest BCUT2D eigenvalue weighted by Crippen LogP contribution is -2.36. The lowest BCUT2D eigenvalue weighted by atomic mass is 10.2. The van der Waals surface area contributed by atoms with Gasteiger partial charge in [-0.15, -0.1) is 10.2 Å². The highest BCUT2D eigenvalue weighted by Gasteiger charge is 2.16. The van der Waals surface area contributed by atoms with Gasteiger partial charge < -0.3 is 20.7 Å². The second-order valence-corrected chi connectivity index (χ2v) is 6.56. The molecular formula is C18H25N7O. The first-order chi connectivity index (χ1) is 12.8.